The molecule has 1 saturated heterocycles. The molecule has 1 saturated carbocycles. The maximum atomic E-state index is 12.9. The van der Waals surface area contributed by atoms with Crippen LogP contribution in [-0.4, -0.2) is 86.9 Å². The number of hydrogen-bond donors (Lipinski definition) is 1. The summed E-state index contributed by atoms with van der Waals surface area (Å²) in [5, 5.41) is 3.36. The molecule has 1 aliphatic heterocycles. The second-order valence-electron chi connectivity index (χ2n) is 8.44. The average molecular weight is 428 g/mol. The smallest absolute Gasteiger partial charge is 0.323 e. The third-order valence-corrected chi connectivity index (χ3v) is 6.23. The Morgan fingerprint density at radius 1 is 1.26 bits per heavy atom. The summed E-state index contributed by atoms with van der Waals surface area (Å²) in [6.07, 6.45) is 7.59. The van der Waals surface area contributed by atoms with E-state index in [9.17, 15) is 4.79 Å². The van der Waals surface area contributed by atoms with E-state index < -0.39 is 0 Å². The van der Waals surface area contributed by atoms with Gasteiger partial charge in [-0.2, -0.15) is 0 Å². The van der Waals surface area contributed by atoms with Gasteiger partial charge in [-0.05, 0) is 31.7 Å². The van der Waals surface area contributed by atoms with Gasteiger partial charge in [-0.1, -0.05) is 31.4 Å². The first kappa shape index (κ1) is 23.3. The Labute approximate surface area is 186 Å². The number of carbonyl (C=O) groups is 1. The Kier molecular flexibility index (Phi) is 8.91. The predicted molar refractivity (Wildman–Crippen MR) is 127 cm³/mol. The summed E-state index contributed by atoms with van der Waals surface area (Å²) in [5.74, 6) is 0.801. The van der Waals surface area contributed by atoms with Crippen molar-refractivity contribution in [2.75, 3.05) is 53.4 Å². The molecule has 2 fully saturated rings. The first-order valence-electron chi connectivity index (χ1n) is 11.4. The van der Waals surface area contributed by atoms with E-state index in [1.54, 1.807) is 18.1 Å². The molecule has 0 aromatic heterocycles. The number of carbonyl (C=O) groups excluding carboxylic acids is 1. The van der Waals surface area contributed by atoms with Gasteiger partial charge in [0.05, 0.1) is 5.70 Å². The van der Waals surface area contributed by atoms with Gasteiger partial charge in [0.1, 0.15) is 12.4 Å². The highest BCUT2D eigenvalue weighted by molar-refractivity contribution is 5.78. The molecular weight excluding hydrogens is 390 g/mol. The van der Waals surface area contributed by atoms with E-state index in [1.807, 2.05) is 36.2 Å². The zero-order valence-electron chi connectivity index (χ0n) is 19.1. The summed E-state index contributed by atoms with van der Waals surface area (Å²) < 4.78 is 5.97. The molecule has 0 spiro atoms. The van der Waals surface area contributed by atoms with Gasteiger partial charge in [-0.15, -0.1) is 0 Å². The number of rotatable bonds is 8. The molecule has 1 aromatic rings. The average Bonchev–Trinajstić information content (AvgIpc) is 2.83. The van der Waals surface area contributed by atoms with Crippen LogP contribution in [0.25, 0.3) is 5.70 Å². The lowest BCUT2D eigenvalue weighted by Gasteiger charge is -2.33. The molecule has 1 heterocycles. The number of piperazine rings is 1. The van der Waals surface area contributed by atoms with Crippen molar-refractivity contribution < 1.29 is 9.53 Å². The summed E-state index contributed by atoms with van der Waals surface area (Å²) >= 11 is 0. The second kappa shape index (κ2) is 11.9. The number of hydrogen-bond acceptors (Lipinski definition) is 5. The van der Waals surface area contributed by atoms with Crippen LogP contribution < -0.4 is 10.1 Å². The van der Waals surface area contributed by atoms with Crippen molar-refractivity contribution in [2.24, 2.45) is 4.99 Å². The number of amides is 2. The zero-order chi connectivity index (χ0) is 22.1. The van der Waals surface area contributed by atoms with E-state index in [-0.39, 0.29) is 6.03 Å². The van der Waals surface area contributed by atoms with Gasteiger partial charge in [0.2, 0.25) is 0 Å². The van der Waals surface area contributed by atoms with Crippen molar-refractivity contribution in [1.29, 1.82) is 0 Å². The van der Waals surface area contributed by atoms with Gasteiger partial charge < -0.3 is 19.9 Å². The SMILES string of the molecule is C=N/C(=C\N(C)C(=O)N(C)C1CCCCC1)c1cccc(OCCN2CCNCC2)c1. The maximum absolute atomic E-state index is 12.9. The molecule has 7 nitrogen and oxygen atoms in total. The highest BCUT2D eigenvalue weighted by Gasteiger charge is 2.24. The summed E-state index contributed by atoms with van der Waals surface area (Å²) in [7, 11) is 3.68. The number of benzene rings is 1. The number of urea groups is 1. The largest absolute Gasteiger partial charge is 0.492 e. The predicted octanol–water partition coefficient (Wildman–Crippen LogP) is 3.29. The Morgan fingerprint density at radius 2 is 2.00 bits per heavy atom. The van der Waals surface area contributed by atoms with Gasteiger partial charge in [0.25, 0.3) is 0 Å². The molecule has 0 bridgehead atoms. The number of aliphatic imine (C=N–C) groups is 1. The van der Waals surface area contributed by atoms with Crippen LogP contribution in [0.4, 0.5) is 4.79 Å². The quantitative estimate of drug-likeness (QED) is 0.647. The summed E-state index contributed by atoms with van der Waals surface area (Å²) in [4.78, 5) is 22.9. The summed E-state index contributed by atoms with van der Waals surface area (Å²) in [6, 6.07) is 8.13. The molecule has 0 radical (unpaired) electrons. The van der Waals surface area contributed by atoms with E-state index in [4.69, 9.17) is 4.74 Å². The molecule has 7 heteroatoms. The number of ether oxygens (including phenoxy) is 1. The van der Waals surface area contributed by atoms with Crippen LogP contribution in [0.15, 0.2) is 35.5 Å². The molecule has 1 N–H and O–H groups in total. The lowest BCUT2D eigenvalue weighted by Crippen LogP contribution is -2.44. The molecule has 1 aromatic carbocycles. The fourth-order valence-corrected chi connectivity index (χ4v) is 4.29. The van der Waals surface area contributed by atoms with Gasteiger partial charge in [0, 0.05) is 64.6 Å². The molecule has 170 valence electrons. The van der Waals surface area contributed by atoms with E-state index >= 15 is 0 Å². The Balaban J connectivity index is 1.59. The standard InChI is InChI=1S/C24H37N5O2/c1-25-23(19-27(2)24(30)28(3)21-9-5-4-6-10-21)20-8-7-11-22(18-20)31-17-16-29-14-12-26-13-15-29/h7-8,11,18-19,21,26H,1,4-6,9-10,12-17H2,2-3H3/b23-19-. The fourth-order valence-electron chi connectivity index (χ4n) is 4.29. The summed E-state index contributed by atoms with van der Waals surface area (Å²) in [6.45, 7) is 9.48. The molecule has 0 atom stereocenters. The van der Waals surface area contributed by atoms with Crippen molar-refractivity contribution in [3.63, 3.8) is 0 Å². The van der Waals surface area contributed by atoms with E-state index in [0.29, 0.717) is 18.3 Å². The van der Waals surface area contributed by atoms with Gasteiger partial charge >= 0.3 is 6.03 Å². The molecule has 2 amide bonds. The zero-order valence-corrected chi connectivity index (χ0v) is 19.1. The summed E-state index contributed by atoms with van der Waals surface area (Å²) in [5.41, 5.74) is 1.54. The van der Waals surface area contributed by atoms with Crippen molar-refractivity contribution in [2.45, 2.75) is 38.1 Å². The highest BCUT2D eigenvalue weighted by Crippen LogP contribution is 2.24. The van der Waals surface area contributed by atoms with E-state index in [1.165, 1.54) is 19.3 Å². The maximum Gasteiger partial charge on any atom is 0.323 e. The molecule has 0 unspecified atom stereocenters. The highest BCUT2D eigenvalue weighted by atomic mass is 16.5. The van der Waals surface area contributed by atoms with Crippen LogP contribution in [0.2, 0.25) is 0 Å². The first-order chi connectivity index (χ1) is 15.1. The topological polar surface area (TPSA) is 60.4 Å². The third-order valence-electron chi connectivity index (χ3n) is 6.23. The Hall–Kier alpha value is -2.38. The van der Waals surface area contributed by atoms with Crippen molar-refractivity contribution in [3.05, 3.63) is 36.0 Å². The van der Waals surface area contributed by atoms with Crippen molar-refractivity contribution >= 4 is 18.4 Å². The van der Waals surface area contributed by atoms with Gasteiger partial charge in [-0.3, -0.25) is 9.89 Å². The van der Waals surface area contributed by atoms with Gasteiger partial charge in [0.15, 0.2) is 0 Å². The van der Waals surface area contributed by atoms with Gasteiger partial charge in [-0.25, -0.2) is 4.79 Å². The van der Waals surface area contributed by atoms with Crippen LogP contribution in [0.5, 0.6) is 5.75 Å². The van der Waals surface area contributed by atoms with Crippen LogP contribution >= 0.6 is 0 Å². The minimum absolute atomic E-state index is 0.0172. The molecular formula is C24H37N5O2. The minimum atomic E-state index is -0.0172. The third kappa shape index (κ3) is 6.80. The Morgan fingerprint density at radius 3 is 2.71 bits per heavy atom. The van der Waals surface area contributed by atoms with E-state index in [2.05, 4.69) is 21.9 Å². The molecule has 2 aliphatic rings. The van der Waals surface area contributed by atoms with Crippen LogP contribution in [0, 0.1) is 0 Å². The monoisotopic (exact) mass is 427 g/mol. The van der Waals surface area contributed by atoms with E-state index in [0.717, 1.165) is 56.9 Å². The second-order valence-corrected chi connectivity index (χ2v) is 8.44. The van der Waals surface area contributed by atoms with Crippen molar-refractivity contribution in [3.8, 4) is 5.75 Å². The normalized spacial score (nSPS) is 18.5. The van der Waals surface area contributed by atoms with Crippen LogP contribution in [0.1, 0.15) is 37.7 Å². The fraction of sp³-hybridized carbons (Fsp3) is 0.583. The van der Waals surface area contributed by atoms with Crippen LogP contribution in [0.3, 0.4) is 0 Å². The van der Waals surface area contributed by atoms with Crippen LogP contribution in [-0.2, 0) is 0 Å². The lowest BCUT2D eigenvalue weighted by molar-refractivity contribution is 0.154. The molecule has 31 heavy (non-hydrogen) atoms. The number of nitrogens with one attached hydrogen (secondary N) is 1. The Bertz CT molecular complexity index is 754. The van der Waals surface area contributed by atoms with Crippen molar-refractivity contribution in [1.82, 2.24) is 20.0 Å². The first-order valence-corrected chi connectivity index (χ1v) is 11.4. The molecule has 1 aliphatic carbocycles. The lowest BCUT2D eigenvalue weighted by atomic mass is 9.95. The molecule has 3 rings (SSSR count). The minimum Gasteiger partial charge on any atom is -0.492 e. The number of nitrogens with zero attached hydrogens (tertiary/aromatic N) is 4.